The first-order chi connectivity index (χ1) is 13.0. The van der Waals surface area contributed by atoms with E-state index in [4.69, 9.17) is 17.3 Å². The molecule has 28 heavy (non-hydrogen) atoms. The highest BCUT2D eigenvalue weighted by Gasteiger charge is 2.42. The monoisotopic (exact) mass is 411 g/mol. The Morgan fingerprint density at radius 1 is 1.43 bits per heavy atom. The Bertz CT molecular complexity index is 1070. The largest absolute Gasteiger partial charge is 0.477 e. The molecule has 1 saturated carbocycles. The van der Waals surface area contributed by atoms with Crippen LogP contribution in [0.25, 0.3) is 10.9 Å². The van der Waals surface area contributed by atoms with Crippen LogP contribution in [0.15, 0.2) is 17.1 Å². The summed E-state index contributed by atoms with van der Waals surface area (Å²) in [7, 11) is 0. The minimum Gasteiger partial charge on any atom is -0.477 e. The molecule has 2 fully saturated rings. The molecular weight excluding hydrogens is 392 g/mol. The number of aromatic nitrogens is 1. The predicted molar refractivity (Wildman–Crippen MR) is 103 cm³/mol. The fourth-order valence-corrected chi connectivity index (χ4v) is 4.31. The van der Waals surface area contributed by atoms with Crippen molar-refractivity contribution >= 4 is 34.2 Å². The van der Waals surface area contributed by atoms with Crippen LogP contribution in [-0.4, -0.2) is 40.9 Å². The molecule has 6 nitrogen and oxygen atoms in total. The van der Waals surface area contributed by atoms with E-state index < -0.39 is 35.0 Å². The average Bonchev–Trinajstić information content (AvgIpc) is 3.24. The lowest BCUT2D eigenvalue weighted by Crippen LogP contribution is -2.35. The van der Waals surface area contributed by atoms with Gasteiger partial charge in [-0.2, -0.15) is 0 Å². The number of carbonyl (C=O) groups is 1. The molecule has 1 saturated heterocycles. The number of benzene rings is 1. The van der Waals surface area contributed by atoms with Crippen LogP contribution in [0.4, 0.5) is 14.5 Å². The minimum absolute atomic E-state index is 0.0342. The second kappa shape index (κ2) is 6.15. The maximum atomic E-state index is 15.0. The fourth-order valence-electron chi connectivity index (χ4n) is 3.90. The van der Waals surface area contributed by atoms with Crippen molar-refractivity contribution in [1.29, 1.82) is 0 Å². The van der Waals surface area contributed by atoms with Gasteiger partial charge in [0.1, 0.15) is 17.6 Å². The van der Waals surface area contributed by atoms with Gasteiger partial charge in [-0.3, -0.25) is 4.79 Å². The molecule has 2 heterocycles. The van der Waals surface area contributed by atoms with E-state index in [1.807, 2.05) is 13.8 Å². The number of carboxylic acid groups (broad SMARTS) is 1. The topological polar surface area (TPSA) is 88.6 Å². The van der Waals surface area contributed by atoms with E-state index in [0.29, 0.717) is 13.1 Å². The van der Waals surface area contributed by atoms with E-state index in [0.717, 1.165) is 12.3 Å². The number of halogens is 3. The van der Waals surface area contributed by atoms with Crippen LogP contribution in [0.2, 0.25) is 5.02 Å². The van der Waals surface area contributed by atoms with E-state index >= 15 is 4.39 Å². The van der Waals surface area contributed by atoms with Gasteiger partial charge in [-0.25, -0.2) is 13.6 Å². The maximum Gasteiger partial charge on any atom is 0.341 e. The molecule has 2 aliphatic rings. The summed E-state index contributed by atoms with van der Waals surface area (Å²) in [6, 6.07) is 0.164. The number of hydrogen-bond acceptors (Lipinski definition) is 4. The Morgan fingerprint density at radius 2 is 2.07 bits per heavy atom. The third-order valence-corrected chi connectivity index (χ3v) is 6.15. The molecule has 3 unspecified atom stereocenters. The van der Waals surface area contributed by atoms with Crippen molar-refractivity contribution in [2.45, 2.75) is 38.5 Å². The van der Waals surface area contributed by atoms with Crippen LogP contribution in [0.1, 0.15) is 36.7 Å². The lowest BCUT2D eigenvalue weighted by molar-refractivity contribution is 0.0694. The van der Waals surface area contributed by atoms with Gasteiger partial charge < -0.3 is 20.3 Å². The second-order valence-electron chi connectivity index (χ2n) is 8.30. The highest BCUT2D eigenvalue weighted by Crippen LogP contribution is 2.45. The number of carboxylic acids is 1. The number of aromatic carboxylic acids is 1. The molecule has 1 aliphatic heterocycles. The molecule has 4 rings (SSSR count). The summed E-state index contributed by atoms with van der Waals surface area (Å²) in [5.41, 5.74) is 4.75. The first-order valence-corrected chi connectivity index (χ1v) is 9.35. The van der Waals surface area contributed by atoms with Crippen molar-refractivity contribution in [2.75, 3.05) is 18.0 Å². The maximum absolute atomic E-state index is 15.0. The smallest absolute Gasteiger partial charge is 0.341 e. The summed E-state index contributed by atoms with van der Waals surface area (Å²) in [6.07, 6.45) is 0.114. The summed E-state index contributed by atoms with van der Waals surface area (Å²) in [4.78, 5) is 25.8. The van der Waals surface area contributed by atoms with Crippen LogP contribution in [0.5, 0.6) is 0 Å². The number of alkyl halides is 1. The standard InChI is InChI=1S/C19H20ClF2N3O3/c1-19(2)7-24(6-13(19)23)16-11(22)3-8-15(14(16)20)25(12-4-10(12)21)5-9(17(8)26)18(27)28/h3,5,10,12-13H,4,6-7,23H2,1-2H3,(H,27,28). The van der Waals surface area contributed by atoms with E-state index in [1.54, 1.807) is 4.90 Å². The quantitative estimate of drug-likeness (QED) is 0.810. The molecule has 1 aromatic carbocycles. The van der Waals surface area contributed by atoms with Crippen molar-refractivity contribution in [1.82, 2.24) is 4.57 Å². The SMILES string of the molecule is CC1(C)CN(c2c(F)cc3c(=O)c(C(=O)O)cn(C4CC4F)c3c2Cl)CC1N. The zero-order valence-corrected chi connectivity index (χ0v) is 16.1. The lowest BCUT2D eigenvalue weighted by atomic mass is 9.89. The Kier molecular flexibility index (Phi) is 4.21. The van der Waals surface area contributed by atoms with Gasteiger partial charge in [-0.15, -0.1) is 0 Å². The lowest BCUT2D eigenvalue weighted by Gasteiger charge is -2.25. The van der Waals surface area contributed by atoms with Crippen molar-refractivity contribution in [3.05, 3.63) is 38.9 Å². The van der Waals surface area contributed by atoms with E-state index in [2.05, 4.69) is 0 Å². The molecular formula is C19H20ClF2N3O3. The number of nitrogens with two attached hydrogens (primary N) is 1. The molecule has 0 radical (unpaired) electrons. The third kappa shape index (κ3) is 2.78. The van der Waals surface area contributed by atoms with E-state index in [-0.39, 0.29) is 39.5 Å². The molecule has 3 N–H and O–H groups in total. The van der Waals surface area contributed by atoms with Crippen LogP contribution < -0.4 is 16.1 Å². The third-order valence-electron chi connectivity index (χ3n) is 5.79. The van der Waals surface area contributed by atoms with Crippen LogP contribution >= 0.6 is 11.6 Å². The van der Waals surface area contributed by atoms with Gasteiger partial charge in [0, 0.05) is 31.7 Å². The van der Waals surface area contributed by atoms with Gasteiger partial charge in [0.05, 0.1) is 27.7 Å². The van der Waals surface area contributed by atoms with Gasteiger partial charge in [-0.05, 0) is 11.5 Å². The molecule has 9 heteroatoms. The van der Waals surface area contributed by atoms with Crippen LogP contribution in [-0.2, 0) is 0 Å². The fraction of sp³-hybridized carbons (Fsp3) is 0.474. The number of pyridine rings is 1. The molecule has 0 bridgehead atoms. The minimum atomic E-state index is -1.45. The Hall–Kier alpha value is -2.19. The molecule has 3 atom stereocenters. The van der Waals surface area contributed by atoms with Gasteiger partial charge in [0.25, 0.3) is 0 Å². The van der Waals surface area contributed by atoms with Crippen molar-refractivity contribution in [3.63, 3.8) is 0 Å². The van der Waals surface area contributed by atoms with Crippen LogP contribution in [0.3, 0.4) is 0 Å². The molecule has 0 amide bonds. The number of anilines is 1. The molecule has 2 aromatic rings. The van der Waals surface area contributed by atoms with Crippen LogP contribution in [0, 0.1) is 11.2 Å². The molecule has 1 aliphatic carbocycles. The zero-order valence-electron chi connectivity index (χ0n) is 15.4. The Morgan fingerprint density at radius 3 is 2.57 bits per heavy atom. The number of rotatable bonds is 3. The Balaban J connectivity index is 1.99. The van der Waals surface area contributed by atoms with E-state index in [9.17, 15) is 19.1 Å². The predicted octanol–water partition coefficient (Wildman–Crippen LogP) is 2.95. The van der Waals surface area contributed by atoms with Gasteiger partial charge in [0.2, 0.25) is 5.43 Å². The van der Waals surface area contributed by atoms with Crippen molar-refractivity contribution < 1.29 is 18.7 Å². The van der Waals surface area contributed by atoms with Gasteiger partial charge >= 0.3 is 5.97 Å². The van der Waals surface area contributed by atoms with Gasteiger partial charge in [-0.1, -0.05) is 25.4 Å². The van der Waals surface area contributed by atoms with Crippen molar-refractivity contribution in [2.24, 2.45) is 11.1 Å². The normalized spacial score (nSPS) is 26.1. The average molecular weight is 412 g/mol. The number of hydrogen-bond donors (Lipinski definition) is 2. The summed E-state index contributed by atoms with van der Waals surface area (Å²) < 4.78 is 30.2. The van der Waals surface area contributed by atoms with Gasteiger partial charge in [0.15, 0.2) is 0 Å². The Labute approximate surface area is 164 Å². The summed E-state index contributed by atoms with van der Waals surface area (Å²) in [5.74, 6) is -2.19. The first kappa shape index (κ1) is 19.1. The highest BCUT2D eigenvalue weighted by atomic mass is 35.5. The number of nitrogens with zero attached hydrogens (tertiary/aromatic N) is 2. The molecule has 1 aromatic heterocycles. The zero-order chi connectivity index (χ0) is 20.5. The number of fused-ring (bicyclic) bond motifs is 1. The molecule has 150 valence electrons. The second-order valence-corrected chi connectivity index (χ2v) is 8.67. The summed E-state index contributed by atoms with van der Waals surface area (Å²) in [6.45, 7) is 4.78. The first-order valence-electron chi connectivity index (χ1n) is 8.97. The van der Waals surface area contributed by atoms with E-state index in [1.165, 1.54) is 4.57 Å². The summed E-state index contributed by atoms with van der Waals surface area (Å²) >= 11 is 6.54. The van der Waals surface area contributed by atoms with Crippen molar-refractivity contribution in [3.8, 4) is 0 Å². The molecule has 0 spiro atoms. The summed E-state index contributed by atoms with van der Waals surface area (Å²) in [5, 5.41) is 9.11. The highest BCUT2D eigenvalue weighted by molar-refractivity contribution is 6.38.